The maximum Gasteiger partial charge on any atom is 0.259 e. The summed E-state index contributed by atoms with van der Waals surface area (Å²) in [5, 5.41) is 13.5. The Morgan fingerprint density at radius 2 is 1.94 bits per heavy atom. The van der Waals surface area contributed by atoms with Gasteiger partial charge in [0.2, 0.25) is 5.91 Å². The topological polar surface area (TPSA) is 90.5 Å². The second-order valence-corrected chi connectivity index (χ2v) is 3.47. The molecule has 92 valence electrons. The number of hydroxylamine groups is 1. The van der Waals surface area contributed by atoms with Gasteiger partial charge >= 0.3 is 0 Å². The average molecular weight is 237 g/mol. The Balaban J connectivity index is 2.45. The lowest BCUT2D eigenvalue weighted by molar-refractivity contribution is -0.132. The largest absolute Gasteiger partial charge is 0.349 e. The molecule has 1 rings (SSSR count). The number of nitrogens with one attached hydrogen (secondary N) is 3. The second-order valence-electron chi connectivity index (χ2n) is 3.47. The number of benzene rings is 1. The predicted octanol–water partition coefficient (Wildman–Crippen LogP) is -0.256. The molecule has 0 radical (unpaired) electrons. The Bertz CT molecular complexity index is 381. The smallest absolute Gasteiger partial charge is 0.259 e. The van der Waals surface area contributed by atoms with Gasteiger partial charge in [0.25, 0.3) is 5.91 Å². The van der Waals surface area contributed by atoms with E-state index in [0.717, 1.165) is 5.56 Å². The first-order valence-electron chi connectivity index (χ1n) is 5.12. The first-order chi connectivity index (χ1) is 8.13. The van der Waals surface area contributed by atoms with Crippen LogP contribution in [0.25, 0.3) is 0 Å². The lowest BCUT2D eigenvalue weighted by atomic mass is 10.2. The summed E-state index contributed by atoms with van der Waals surface area (Å²) in [6.45, 7) is 1.59. The molecule has 0 bridgehead atoms. The van der Waals surface area contributed by atoms with Crippen LogP contribution in [0.1, 0.15) is 12.5 Å². The number of amides is 2. The molecule has 1 unspecified atom stereocenters. The highest BCUT2D eigenvalue weighted by Crippen LogP contribution is 1.97. The summed E-state index contributed by atoms with van der Waals surface area (Å²) < 4.78 is 0. The number of hydrogen-bond donors (Lipinski definition) is 4. The lowest BCUT2D eigenvalue weighted by Gasteiger charge is -2.15. The van der Waals surface area contributed by atoms with Crippen molar-refractivity contribution in [1.82, 2.24) is 16.1 Å². The van der Waals surface area contributed by atoms with Crippen LogP contribution in [0.5, 0.6) is 0 Å². The van der Waals surface area contributed by atoms with Crippen LogP contribution in [0.3, 0.4) is 0 Å². The van der Waals surface area contributed by atoms with Gasteiger partial charge in [0.15, 0.2) is 6.17 Å². The molecule has 1 atom stereocenters. The summed E-state index contributed by atoms with van der Waals surface area (Å²) in [4.78, 5) is 22.3. The number of carbonyl (C=O) groups is 2. The highest BCUT2D eigenvalue weighted by molar-refractivity contribution is 5.86. The maximum atomic E-state index is 11.5. The summed E-state index contributed by atoms with van der Waals surface area (Å²) in [6.07, 6.45) is -1.14. The van der Waals surface area contributed by atoms with Gasteiger partial charge in [-0.25, -0.2) is 0 Å². The van der Waals surface area contributed by atoms with Gasteiger partial charge in [0, 0.05) is 13.5 Å². The van der Waals surface area contributed by atoms with E-state index in [1.807, 2.05) is 30.3 Å². The Hall–Kier alpha value is -1.92. The molecule has 0 spiro atoms. The standard InChI is InChI=1S/C11H15N3O3/c1-8(15)13-10(14-17)11(16)12-7-9-5-3-2-4-6-9/h2-6,10,14,17H,7H2,1H3,(H,12,16)(H,13,15). The summed E-state index contributed by atoms with van der Waals surface area (Å²) in [6, 6.07) is 9.31. The van der Waals surface area contributed by atoms with E-state index in [1.165, 1.54) is 6.92 Å². The maximum absolute atomic E-state index is 11.5. The van der Waals surface area contributed by atoms with Gasteiger partial charge in [-0.2, -0.15) is 5.48 Å². The summed E-state index contributed by atoms with van der Waals surface area (Å²) >= 11 is 0. The van der Waals surface area contributed by atoms with Crippen LogP contribution in [-0.4, -0.2) is 23.2 Å². The van der Waals surface area contributed by atoms with Crippen molar-refractivity contribution < 1.29 is 14.8 Å². The fraction of sp³-hybridized carbons (Fsp3) is 0.273. The number of hydrogen-bond acceptors (Lipinski definition) is 4. The zero-order chi connectivity index (χ0) is 12.7. The van der Waals surface area contributed by atoms with Gasteiger partial charge in [-0.15, -0.1) is 0 Å². The molecular formula is C11H15N3O3. The van der Waals surface area contributed by atoms with E-state index < -0.39 is 18.0 Å². The van der Waals surface area contributed by atoms with Crippen LogP contribution >= 0.6 is 0 Å². The minimum atomic E-state index is -1.14. The van der Waals surface area contributed by atoms with Crippen LogP contribution in [0.4, 0.5) is 0 Å². The van der Waals surface area contributed by atoms with Crippen LogP contribution in [-0.2, 0) is 16.1 Å². The zero-order valence-corrected chi connectivity index (χ0v) is 9.43. The molecule has 1 aromatic rings. The molecule has 0 aliphatic rings. The molecule has 2 amide bonds. The minimum Gasteiger partial charge on any atom is -0.349 e. The molecule has 6 heteroatoms. The van der Waals surface area contributed by atoms with Gasteiger partial charge in [0.1, 0.15) is 0 Å². The molecule has 0 saturated heterocycles. The summed E-state index contributed by atoms with van der Waals surface area (Å²) in [5.41, 5.74) is 2.66. The van der Waals surface area contributed by atoms with E-state index in [1.54, 1.807) is 5.48 Å². The lowest BCUT2D eigenvalue weighted by Crippen LogP contribution is -2.53. The third kappa shape index (κ3) is 4.62. The monoisotopic (exact) mass is 237 g/mol. The predicted molar refractivity (Wildman–Crippen MR) is 60.8 cm³/mol. The van der Waals surface area contributed by atoms with Crippen molar-refractivity contribution in [2.45, 2.75) is 19.6 Å². The van der Waals surface area contributed by atoms with Gasteiger partial charge in [-0.1, -0.05) is 30.3 Å². The van der Waals surface area contributed by atoms with Crippen LogP contribution in [0, 0.1) is 0 Å². The van der Waals surface area contributed by atoms with Crippen molar-refractivity contribution in [3.8, 4) is 0 Å². The average Bonchev–Trinajstić information content (AvgIpc) is 2.34. The quantitative estimate of drug-likeness (QED) is 0.419. The second kappa shape index (κ2) is 6.62. The minimum absolute atomic E-state index is 0.331. The SMILES string of the molecule is CC(=O)NC(NO)C(=O)NCc1ccccc1. The summed E-state index contributed by atoms with van der Waals surface area (Å²) in [5.74, 6) is -0.919. The van der Waals surface area contributed by atoms with E-state index in [4.69, 9.17) is 5.21 Å². The molecule has 17 heavy (non-hydrogen) atoms. The van der Waals surface area contributed by atoms with E-state index in [0.29, 0.717) is 6.54 Å². The fourth-order valence-electron chi connectivity index (χ4n) is 1.25. The van der Waals surface area contributed by atoms with Gasteiger partial charge < -0.3 is 15.8 Å². The van der Waals surface area contributed by atoms with Crippen LogP contribution < -0.4 is 16.1 Å². The van der Waals surface area contributed by atoms with Gasteiger partial charge in [-0.05, 0) is 5.56 Å². The normalized spacial score (nSPS) is 11.6. The van der Waals surface area contributed by atoms with Gasteiger partial charge in [-0.3, -0.25) is 9.59 Å². The Kier molecular flexibility index (Phi) is 5.12. The molecule has 1 aromatic carbocycles. The van der Waals surface area contributed by atoms with Crippen LogP contribution in [0.2, 0.25) is 0 Å². The molecule has 0 aromatic heterocycles. The number of rotatable bonds is 5. The van der Waals surface area contributed by atoms with Crippen molar-refractivity contribution in [3.63, 3.8) is 0 Å². The third-order valence-electron chi connectivity index (χ3n) is 2.05. The molecule has 4 N–H and O–H groups in total. The van der Waals surface area contributed by atoms with E-state index in [2.05, 4.69) is 10.6 Å². The third-order valence-corrected chi connectivity index (χ3v) is 2.05. The highest BCUT2D eigenvalue weighted by atomic mass is 16.5. The van der Waals surface area contributed by atoms with Crippen molar-refractivity contribution in [2.75, 3.05) is 0 Å². The Labute approximate surface area is 99.0 Å². The molecule has 0 fully saturated rings. The van der Waals surface area contributed by atoms with Crippen LogP contribution in [0.15, 0.2) is 30.3 Å². The van der Waals surface area contributed by atoms with Crippen molar-refractivity contribution in [2.24, 2.45) is 0 Å². The first-order valence-corrected chi connectivity index (χ1v) is 5.12. The Morgan fingerprint density at radius 1 is 1.29 bits per heavy atom. The highest BCUT2D eigenvalue weighted by Gasteiger charge is 2.17. The van der Waals surface area contributed by atoms with E-state index >= 15 is 0 Å². The molecule has 0 aliphatic heterocycles. The van der Waals surface area contributed by atoms with E-state index in [-0.39, 0.29) is 0 Å². The molecular weight excluding hydrogens is 222 g/mol. The van der Waals surface area contributed by atoms with Crippen molar-refractivity contribution in [3.05, 3.63) is 35.9 Å². The molecule has 6 nitrogen and oxygen atoms in total. The zero-order valence-electron chi connectivity index (χ0n) is 9.43. The fourth-order valence-corrected chi connectivity index (χ4v) is 1.25. The summed E-state index contributed by atoms with van der Waals surface area (Å²) in [7, 11) is 0. The first kappa shape index (κ1) is 13.1. The van der Waals surface area contributed by atoms with Gasteiger partial charge in [0.05, 0.1) is 0 Å². The molecule has 0 heterocycles. The molecule has 0 aliphatic carbocycles. The molecule has 0 saturated carbocycles. The van der Waals surface area contributed by atoms with Crippen molar-refractivity contribution in [1.29, 1.82) is 0 Å². The number of carbonyl (C=O) groups excluding carboxylic acids is 2. The van der Waals surface area contributed by atoms with E-state index in [9.17, 15) is 9.59 Å². The Morgan fingerprint density at radius 3 is 2.47 bits per heavy atom. The van der Waals surface area contributed by atoms with Crippen molar-refractivity contribution >= 4 is 11.8 Å².